The van der Waals surface area contributed by atoms with Crippen LogP contribution in [0.1, 0.15) is 34.3 Å². The third-order valence-corrected chi connectivity index (χ3v) is 3.76. The van der Waals surface area contributed by atoms with Gasteiger partial charge >= 0.3 is 0 Å². The van der Waals surface area contributed by atoms with E-state index < -0.39 is 0 Å². The molecule has 0 aliphatic rings. The summed E-state index contributed by atoms with van der Waals surface area (Å²) in [6.07, 6.45) is 1.07. The van der Waals surface area contributed by atoms with Gasteiger partial charge in [-0.2, -0.15) is 0 Å². The summed E-state index contributed by atoms with van der Waals surface area (Å²) in [7, 11) is 0. The molecule has 0 fully saturated rings. The average molecular weight is 325 g/mol. The largest absolute Gasteiger partial charge is 0.330 e. The van der Waals surface area contributed by atoms with Gasteiger partial charge in [-0.3, -0.25) is 9.59 Å². The van der Waals surface area contributed by atoms with Gasteiger partial charge in [-0.25, -0.2) is 0 Å². The molecule has 126 valence electrons. The van der Waals surface area contributed by atoms with Crippen LogP contribution in [0.2, 0.25) is 0 Å². The number of amides is 2. The Morgan fingerprint density at radius 3 is 2.42 bits per heavy atom. The summed E-state index contributed by atoms with van der Waals surface area (Å²) in [6, 6.07) is 12.9. The van der Waals surface area contributed by atoms with Gasteiger partial charge in [0.05, 0.1) is 0 Å². The van der Waals surface area contributed by atoms with Crippen molar-refractivity contribution in [3.05, 3.63) is 59.2 Å². The maximum Gasteiger partial charge on any atom is 0.255 e. The summed E-state index contributed by atoms with van der Waals surface area (Å²) in [5.41, 5.74) is 9.29. The van der Waals surface area contributed by atoms with E-state index in [0.717, 1.165) is 16.8 Å². The number of anilines is 2. The van der Waals surface area contributed by atoms with Gasteiger partial charge in [0.15, 0.2) is 0 Å². The number of carbonyl (C=O) groups is 2. The Kier molecular flexibility index (Phi) is 6.09. The van der Waals surface area contributed by atoms with Crippen molar-refractivity contribution in [2.24, 2.45) is 5.73 Å². The van der Waals surface area contributed by atoms with Crippen molar-refractivity contribution in [2.75, 3.05) is 17.2 Å². The van der Waals surface area contributed by atoms with Gasteiger partial charge in [-0.05, 0) is 62.2 Å². The molecule has 0 aliphatic carbocycles. The zero-order chi connectivity index (χ0) is 17.5. The van der Waals surface area contributed by atoms with E-state index in [9.17, 15) is 9.59 Å². The third kappa shape index (κ3) is 4.67. The van der Waals surface area contributed by atoms with Gasteiger partial charge in [-0.1, -0.05) is 18.2 Å². The minimum atomic E-state index is -0.143. The number of carbonyl (C=O) groups excluding carboxylic acids is 2. The molecule has 2 aromatic carbocycles. The lowest BCUT2D eigenvalue weighted by Gasteiger charge is -2.12. The number of benzene rings is 2. The molecule has 0 bridgehead atoms. The van der Waals surface area contributed by atoms with E-state index in [0.29, 0.717) is 30.6 Å². The molecule has 0 saturated carbocycles. The second-order valence-corrected chi connectivity index (χ2v) is 5.74. The van der Waals surface area contributed by atoms with E-state index in [1.165, 1.54) is 0 Å². The van der Waals surface area contributed by atoms with Gasteiger partial charge < -0.3 is 16.4 Å². The molecule has 0 heterocycles. The van der Waals surface area contributed by atoms with Crippen LogP contribution in [-0.4, -0.2) is 18.4 Å². The molecule has 0 aliphatic heterocycles. The van der Waals surface area contributed by atoms with Gasteiger partial charge in [0.1, 0.15) is 0 Å². The van der Waals surface area contributed by atoms with Gasteiger partial charge in [0, 0.05) is 23.4 Å². The van der Waals surface area contributed by atoms with Crippen LogP contribution in [0.4, 0.5) is 11.4 Å². The molecule has 24 heavy (non-hydrogen) atoms. The van der Waals surface area contributed by atoms with Crippen molar-refractivity contribution in [3.63, 3.8) is 0 Å². The Balaban J connectivity index is 2.06. The average Bonchev–Trinajstić information content (AvgIpc) is 2.55. The fourth-order valence-corrected chi connectivity index (χ4v) is 2.39. The smallest absolute Gasteiger partial charge is 0.255 e. The van der Waals surface area contributed by atoms with Gasteiger partial charge in [-0.15, -0.1) is 0 Å². The first kappa shape index (κ1) is 17.7. The molecular weight excluding hydrogens is 302 g/mol. The van der Waals surface area contributed by atoms with Crippen LogP contribution in [0.15, 0.2) is 42.5 Å². The highest BCUT2D eigenvalue weighted by Crippen LogP contribution is 2.21. The number of nitrogens with two attached hydrogens (primary N) is 1. The van der Waals surface area contributed by atoms with Crippen molar-refractivity contribution in [2.45, 2.75) is 26.7 Å². The number of rotatable bonds is 6. The second kappa shape index (κ2) is 8.26. The minimum Gasteiger partial charge on any atom is -0.330 e. The first-order valence-corrected chi connectivity index (χ1v) is 7.99. The molecular formula is C19H23N3O2. The molecule has 4 N–H and O–H groups in total. The molecule has 2 aromatic rings. The molecule has 2 rings (SSSR count). The Hall–Kier alpha value is -2.66. The molecule has 0 saturated heterocycles. The van der Waals surface area contributed by atoms with Crippen molar-refractivity contribution in [1.29, 1.82) is 0 Å². The highest BCUT2D eigenvalue weighted by Gasteiger charge is 2.10. The Labute approximate surface area is 142 Å². The number of hydrogen-bond donors (Lipinski definition) is 3. The highest BCUT2D eigenvalue weighted by molar-refractivity contribution is 6.05. The van der Waals surface area contributed by atoms with Crippen LogP contribution in [-0.2, 0) is 4.79 Å². The quantitative estimate of drug-likeness (QED) is 0.762. The fraction of sp³-hybridized carbons (Fsp3) is 0.263. The number of nitrogens with one attached hydrogen (secondary N) is 2. The summed E-state index contributed by atoms with van der Waals surface area (Å²) < 4.78 is 0. The fourth-order valence-electron chi connectivity index (χ4n) is 2.39. The van der Waals surface area contributed by atoms with Crippen LogP contribution >= 0.6 is 0 Å². The zero-order valence-electron chi connectivity index (χ0n) is 14.1. The van der Waals surface area contributed by atoms with E-state index in [1.807, 2.05) is 38.1 Å². The van der Waals surface area contributed by atoms with Crippen molar-refractivity contribution in [3.8, 4) is 0 Å². The molecule has 0 aromatic heterocycles. The van der Waals surface area contributed by atoms with E-state index in [-0.39, 0.29) is 11.8 Å². The molecule has 5 heteroatoms. The number of aryl methyl sites for hydroxylation is 2. The van der Waals surface area contributed by atoms with Crippen molar-refractivity contribution < 1.29 is 9.59 Å². The van der Waals surface area contributed by atoms with E-state index in [2.05, 4.69) is 10.6 Å². The maximum atomic E-state index is 12.4. The molecule has 0 unspecified atom stereocenters. The lowest BCUT2D eigenvalue weighted by atomic mass is 10.1. The summed E-state index contributed by atoms with van der Waals surface area (Å²) in [5.74, 6) is -0.201. The molecule has 2 amide bonds. The minimum absolute atomic E-state index is 0.0588. The van der Waals surface area contributed by atoms with Crippen molar-refractivity contribution >= 4 is 23.2 Å². The predicted octanol–water partition coefficient (Wildman–Crippen LogP) is 3.23. The van der Waals surface area contributed by atoms with Crippen LogP contribution in [0.25, 0.3) is 0 Å². The Bertz CT molecular complexity index is 741. The zero-order valence-corrected chi connectivity index (χ0v) is 14.1. The summed E-state index contributed by atoms with van der Waals surface area (Å²) in [6.45, 7) is 4.29. The van der Waals surface area contributed by atoms with Gasteiger partial charge in [0.25, 0.3) is 5.91 Å². The summed E-state index contributed by atoms with van der Waals surface area (Å²) in [4.78, 5) is 24.1. The lowest BCUT2D eigenvalue weighted by molar-refractivity contribution is -0.116. The first-order valence-electron chi connectivity index (χ1n) is 7.99. The Morgan fingerprint density at radius 2 is 1.75 bits per heavy atom. The first-order chi connectivity index (χ1) is 11.5. The monoisotopic (exact) mass is 325 g/mol. The second-order valence-electron chi connectivity index (χ2n) is 5.74. The molecule has 5 nitrogen and oxygen atoms in total. The molecule has 0 radical (unpaired) electrons. The van der Waals surface area contributed by atoms with E-state index in [1.54, 1.807) is 18.2 Å². The highest BCUT2D eigenvalue weighted by atomic mass is 16.2. The number of hydrogen-bond acceptors (Lipinski definition) is 3. The topological polar surface area (TPSA) is 84.2 Å². The normalized spacial score (nSPS) is 10.3. The summed E-state index contributed by atoms with van der Waals surface area (Å²) >= 11 is 0. The standard InChI is InChI=1S/C19H23N3O2/c1-13-6-3-4-7-16(13)19(24)22-17-10-9-15(12-14(17)2)21-18(23)8-5-11-20/h3-4,6-7,9-10,12H,5,8,11,20H2,1-2H3,(H,21,23)(H,22,24). The lowest BCUT2D eigenvalue weighted by Crippen LogP contribution is -2.15. The molecule has 0 atom stereocenters. The summed E-state index contributed by atoms with van der Waals surface area (Å²) in [5, 5.41) is 5.75. The maximum absolute atomic E-state index is 12.4. The van der Waals surface area contributed by atoms with Crippen molar-refractivity contribution in [1.82, 2.24) is 0 Å². The molecule has 0 spiro atoms. The van der Waals surface area contributed by atoms with Crippen LogP contribution < -0.4 is 16.4 Å². The van der Waals surface area contributed by atoms with Crippen LogP contribution in [0, 0.1) is 13.8 Å². The SMILES string of the molecule is Cc1cc(NC(=O)CCCN)ccc1NC(=O)c1ccccc1C. The van der Waals surface area contributed by atoms with Crippen LogP contribution in [0.3, 0.4) is 0 Å². The van der Waals surface area contributed by atoms with Gasteiger partial charge in [0.2, 0.25) is 5.91 Å². The predicted molar refractivity (Wildman–Crippen MR) is 97.2 cm³/mol. The van der Waals surface area contributed by atoms with E-state index >= 15 is 0 Å². The van der Waals surface area contributed by atoms with E-state index in [4.69, 9.17) is 5.73 Å². The third-order valence-electron chi connectivity index (χ3n) is 3.76. The van der Waals surface area contributed by atoms with Crippen LogP contribution in [0.5, 0.6) is 0 Å². The Morgan fingerprint density at radius 1 is 1.00 bits per heavy atom.